The third kappa shape index (κ3) is 2.61. The Balaban J connectivity index is 2.37. The molecule has 1 atom stereocenters. The molecule has 0 bridgehead atoms. The van der Waals surface area contributed by atoms with Gasteiger partial charge in [0.2, 0.25) is 0 Å². The van der Waals surface area contributed by atoms with Crippen LogP contribution in [0.3, 0.4) is 0 Å². The highest BCUT2D eigenvalue weighted by atomic mass is 14.9. The van der Waals surface area contributed by atoms with Gasteiger partial charge in [-0.1, -0.05) is 13.0 Å². The SMILES string of the molecule is C#CCC(NCC)c1ccc2nccnc2c1. The molecule has 0 amide bonds. The van der Waals surface area contributed by atoms with Gasteiger partial charge in [-0.2, -0.15) is 0 Å². The van der Waals surface area contributed by atoms with Crippen molar-refractivity contribution >= 4 is 11.0 Å². The largest absolute Gasteiger partial charge is 0.309 e. The van der Waals surface area contributed by atoms with Gasteiger partial charge < -0.3 is 5.32 Å². The van der Waals surface area contributed by atoms with Crippen LogP contribution in [0, 0.1) is 12.3 Å². The van der Waals surface area contributed by atoms with Gasteiger partial charge in [0.1, 0.15) is 0 Å². The van der Waals surface area contributed by atoms with Gasteiger partial charge in [0.15, 0.2) is 0 Å². The number of aromatic nitrogens is 2. The van der Waals surface area contributed by atoms with Crippen LogP contribution >= 0.6 is 0 Å². The lowest BCUT2D eigenvalue weighted by Crippen LogP contribution is -2.20. The van der Waals surface area contributed by atoms with Crippen molar-refractivity contribution in [2.45, 2.75) is 19.4 Å². The first-order valence-electron chi connectivity index (χ1n) is 5.72. The van der Waals surface area contributed by atoms with E-state index in [0.717, 1.165) is 23.1 Å². The number of hydrogen-bond acceptors (Lipinski definition) is 3. The van der Waals surface area contributed by atoms with Crippen LogP contribution in [0.2, 0.25) is 0 Å². The van der Waals surface area contributed by atoms with Gasteiger partial charge in [0.05, 0.1) is 11.0 Å². The van der Waals surface area contributed by atoms with E-state index in [9.17, 15) is 0 Å². The zero-order chi connectivity index (χ0) is 12.1. The maximum Gasteiger partial charge on any atom is 0.0890 e. The minimum absolute atomic E-state index is 0.191. The number of nitrogens with one attached hydrogen (secondary N) is 1. The molecule has 1 aromatic carbocycles. The molecule has 2 rings (SSSR count). The van der Waals surface area contributed by atoms with Gasteiger partial charge >= 0.3 is 0 Å². The number of terminal acetylenes is 1. The Hall–Kier alpha value is -1.92. The fourth-order valence-electron chi connectivity index (χ4n) is 1.87. The molecule has 0 aliphatic carbocycles. The Morgan fingerprint density at radius 2 is 2.06 bits per heavy atom. The van der Waals surface area contributed by atoms with Crippen LogP contribution in [0.25, 0.3) is 11.0 Å². The second kappa shape index (κ2) is 5.42. The lowest BCUT2D eigenvalue weighted by molar-refractivity contribution is 0.566. The highest BCUT2D eigenvalue weighted by Gasteiger charge is 2.09. The Morgan fingerprint density at radius 3 is 2.76 bits per heavy atom. The zero-order valence-electron chi connectivity index (χ0n) is 9.85. The normalized spacial score (nSPS) is 12.2. The molecule has 2 aromatic rings. The van der Waals surface area contributed by atoms with Crippen LogP contribution in [-0.4, -0.2) is 16.5 Å². The average Bonchev–Trinajstić information content (AvgIpc) is 2.38. The van der Waals surface area contributed by atoms with Crippen molar-refractivity contribution in [1.82, 2.24) is 15.3 Å². The van der Waals surface area contributed by atoms with Crippen molar-refractivity contribution in [3.05, 3.63) is 36.2 Å². The Morgan fingerprint density at radius 1 is 1.29 bits per heavy atom. The molecule has 0 spiro atoms. The second-order valence-corrected chi connectivity index (χ2v) is 3.82. The molecule has 1 N–H and O–H groups in total. The summed E-state index contributed by atoms with van der Waals surface area (Å²) in [7, 11) is 0. The van der Waals surface area contributed by atoms with Crippen molar-refractivity contribution in [3.63, 3.8) is 0 Å². The van der Waals surface area contributed by atoms with Crippen molar-refractivity contribution in [1.29, 1.82) is 0 Å². The van der Waals surface area contributed by atoms with Crippen LogP contribution in [0.1, 0.15) is 24.9 Å². The number of fused-ring (bicyclic) bond motifs is 1. The summed E-state index contributed by atoms with van der Waals surface area (Å²) in [4.78, 5) is 8.55. The Labute approximate surface area is 101 Å². The standard InChI is InChI=1S/C14H15N3/c1-3-5-12(15-4-2)11-6-7-13-14(10-11)17-9-8-16-13/h1,6-10,12,15H,4-5H2,2H3. The van der Waals surface area contributed by atoms with Crippen LogP contribution < -0.4 is 5.32 Å². The molecule has 0 fully saturated rings. The molecular weight excluding hydrogens is 210 g/mol. The van der Waals surface area contributed by atoms with Crippen molar-refractivity contribution in [2.75, 3.05) is 6.54 Å². The summed E-state index contributed by atoms with van der Waals surface area (Å²) < 4.78 is 0. The molecule has 17 heavy (non-hydrogen) atoms. The van der Waals surface area contributed by atoms with E-state index in [0.29, 0.717) is 6.42 Å². The molecule has 86 valence electrons. The number of nitrogens with zero attached hydrogens (tertiary/aromatic N) is 2. The van der Waals surface area contributed by atoms with E-state index in [2.05, 4.69) is 34.2 Å². The van der Waals surface area contributed by atoms with Gasteiger partial charge in [-0.15, -0.1) is 12.3 Å². The molecule has 0 saturated carbocycles. The molecular formula is C14H15N3. The molecule has 0 radical (unpaired) electrons. The van der Waals surface area contributed by atoms with Gasteiger partial charge in [-0.3, -0.25) is 9.97 Å². The van der Waals surface area contributed by atoms with Gasteiger partial charge in [0, 0.05) is 24.9 Å². The molecule has 3 heteroatoms. The molecule has 0 aliphatic heterocycles. The molecule has 1 heterocycles. The number of rotatable bonds is 4. The summed E-state index contributed by atoms with van der Waals surface area (Å²) in [6.07, 6.45) is 9.48. The summed E-state index contributed by atoms with van der Waals surface area (Å²) in [6, 6.07) is 6.28. The van der Waals surface area contributed by atoms with E-state index in [1.807, 2.05) is 12.1 Å². The lowest BCUT2D eigenvalue weighted by atomic mass is 10.0. The molecule has 0 aliphatic rings. The predicted molar refractivity (Wildman–Crippen MR) is 69.4 cm³/mol. The summed E-state index contributed by atoms with van der Waals surface area (Å²) in [5, 5.41) is 3.37. The Kier molecular flexibility index (Phi) is 3.69. The summed E-state index contributed by atoms with van der Waals surface area (Å²) in [5.74, 6) is 2.70. The van der Waals surface area contributed by atoms with Crippen molar-refractivity contribution in [2.24, 2.45) is 0 Å². The van der Waals surface area contributed by atoms with Gasteiger partial charge in [0.25, 0.3) is 0 Å². The number of benzene rings is 1. The summed E-state index contributed by atoms with van der Waals surface area (Å²) >= 11 is 0. The van der Waals surface area contributed by atoms with Gasteiger partial charge in [-0.25, -0.2) is 0 Å². The molecule has 1 unspecified atom stereocenters. The third-order valence-electron chi connectivity index (χ3n) is 2.67. The van der Waals surface area contributed by atoms with E-state index in [4.69, 9.17) is 6.42 Å². The third-order valence-corrected chi connectivity index (χ3v) is 2.67. The zero-order valence-corrected chi connectivity index (χ0v) is 9.85. The van der Waals surface area contributed by atoms with E-state index >= 15 is 0 Å². The predicted octanol–water partition coefficient (Wildman–Crippen LogP) is 2.30. The first-order valence-corrected chi connectivity index (χ1v) is 5.72. The monoisotopic (exact) mass is 225 g/mol. The molecule has 3 nitrogen and oxygen atoms in total. The molecule has 0 saturated heterocycles. The topological polar surface area (TPSA) is 37.8 Å². The van der Waals surface area contributed by atoms with E-state index in [1.54, 1.807) is 12.4 Å². The van der Waals surface area contributed by atoms with Crippen molar-refractivity contribution in [3.8, 4) is 12.3 Å². The van der Waals surface area contributed by atoms with E-state index in [1.165, 1.54) is 0 Å². The molecule has 1 aromatic heterocycles. The van der Waals surface area contributed by atoms with Crippen LogP contribution in [0.15, 0.2) is 30.6 Å². The number of hydrogen-bond donors (Lipinski definition) is 1. The van der Waals surface area contributed by atoms with Gasteiger partial charge in [-0.05, 0) is 24.2 Å². The highest BCUT2D eigenvalue weighted by molar-refractivity contribution is 5.74. The minimum Gasteiger partial charge on any atom is -0.309 e. The minimum atomic E-state index is 0.191. The van der Waals surface area contributed by atoms with Crippen molar-refractivity contribution < 1.29 is 0 Å². The van der Waals surface area contributed by atoms with Crippen LogP contribution in [0.5, 0.6) is 0 Å². The van der Waals surface area contributed by atoms with Crippen LogP contribution in [-0.2, 0) is 0 Å². The smallest absolute Gasteiger partial charge is 0.0890 e. The van der Waals surface area contributed by atoms with E-state index in [-0.39, 0.29) is 6.04 Å². The first kappa shape index (κ1) is 11.6. The van der Waals surface area contributed by atoms with Crippen LogP contribution in [0.4, 0.5) is 0 Å². The maximum atomic E-state index is 5.39. The summed E-state index contributed by atoms with van der Waals surface area (Å²) in [5.41, 5.74) is 2.98. The summed E-state index contributed by atoms with van der Waals surface area (Å²) in [6.45, 7) is 2.97. The fourth-order valence-corrected chi connectivity index (χ4v) is 1.87. The average molecular weight is 225 g/mol. The second-order valence-electron chi connectivity index (χ2n) is 3.82. The first-order chi connectivity index (χ1) is 8.35. The maximum absolute atomic E-state index is 5.39. The lowest BCUT2D eigenvalue weighted by Gasteiger charge is -2.15. The fraction of sp³-hybridized carbons (Fsp3) is 0.286. The van der Waals surface area contributed by atoms with E-state index < -0.39 is 0 Å². The quantitative estimate of drug-likeness (QED) is 0.811. The highest BCUT2D eigenvalue weighted by Crippen LogP contribution is 2.19. The Bertz CT molecular complexity index is 542.